The van der Waals surface area contributed by atoms with Gasteiger partial charge in [0, 0.05) is 5.69 Å². The molecule has 9 heteroatoms. The zero-order chi connectivity index (χ0) is 18.0. The summed E-state index contributed by atoms with van der Waals surface area (Å²) in [5.41, 5.74) is 0.309. The summed E-state index contributed by atoms with van der Waals surface area (Å²) in [5, 5.41) is 11.0. The Morgan fingerprint density at radius 2 is 2.00 bits per heavy atom. The van der Waals surface area contributed by atoms with Crippen molar-refractivity contribution in [3.05, 3.63) is 30.3 Å². The van der Waals surface area contributed by atoms with Crippen LogP contribution in [0.4, 0.5) is 19.3 Å². The van der Waals surface area contributed by atoms with Crippen molar-refractivity contribution in [2.24, 2.45) is 0 Å². The Hall–Kier alpha value is -2.26. The standard InChI is InChI=1S/C15H17F2NO6/c1-14(2)22-8-10(24-14)11(15(16,17)12(19)20)23-13(21)18-9-6-4-3-5-7-9/h3-7,10-11H,8H2,1-2H3,(H,18,21)(H,19,20). The Bertz CT molecular complexity index is 607. The molecule has 1 aromatic rings. The lowest BCUT2D eigenvalue weighted by Crippen LogP contribution is -2.52. The van der Waals surface area contributed by atoms with Crippen molar-refractivity contribution in [1.29, 1.82) is 0 Å². The van der Waals surface area contributed by atoms with Gasteiger partial charge in [-0.3, -0.25) is 5.32 Å². The monoisotopic (exact) mass is 345 g/mol. The second kappa shape index (κ2) is 6.70. The average Bonchev–Trinajstić information content (AvgIpc) is 2.85. The molecule has 0 saturated carbocycles. The van der Waals surface area contributed by atoms with Crippen LogP contribution in [-0.2, 0) is 19.0 Å². The number of hydrogen-bond donors (Lipinski definition) is 2. The highest BCUT2D eigenvalue weighted by Crippen LogP contribution is 2.33. The number of ether oxygens (including phenoxy) is 3. The van der Waals surface area contributed by atoms with Crippen LogP contribution >= 0.6 is 0 Å². The van der Waals surface area contributed by atoms with Crippen molar-refractivity contribution in [2.45, 2.75) is 37.8 Å². The number of rotatable bonds is 5. The maximum Gasteiger partial charge on any atom is 0.412 e. The molecular weight excluding hydrogens is 328 g/mol. The third-order valence-corrected chi connectivity index (χ3v) is 3.26. The number of carboxylic acids is 1. The molecule has 0 spiro atoms. The summed E-state index contributed by atoms with van der Waals surface area (Å²) < 4.78 is 43.0. The summed E-state index contributed by atoms with van der Waals surface area (Å²) in [5.74, 6) is -7.95. The maximum atomic E-state index is 14.0. The summed E-state index contributed by atoms with van der Waals surface area (Å²) in [7, 11) is 0. The number of carbonyl (C=O) groups excluding carboxylic acids is 1. The lowest BCUT2D eigenvalue weighted by molar-refractivity contribution is -0.205. The topological polar surface area (TPSA) is 94.1 Å². The lowest BCUT2D eigenvalue weighted by atomic mass is 10.1. The van der Waals surface area contributed by atoms with Gasteiger partial charge in [0.2, 0.25) is 6.10 Å². The van der Waals surface area contributed by atoms with E-state index in [4.69, 9.17) is 14.6 Å². The third kappa shape index (κ3) is 4.18. The maximum absolute atomic E-state index is 14.0. The van der Waals surface area contributed by atoms with E-state index >= 15 is 0 Å². The van der Waals surface area contributed by atoms with Crippen molar-refractivity contribution < 1.29 is 37.7 Å². The zero-order valence-electron chi connectivity index (χ0n) is 13.0. The van der Waals surface area contributed by atoms with Crippen LogP contribution in [0, 0.1) is 0 Å². The minimum atomic E-state index is -4.34. The molecule has 1 aliphatic heterocycles. The average molecular weight is 345 g/mol. The first-order chi connectivity index (χ1) is 11.1. The summed E-state index contributed by atoms with van der Waals surface area (Å²) >= 11 is 0. The minimum absolute atomic E-state index is 0.309. The molecular formula is C15H17F2NO6. The Kier molecular flexibility index (Phi) is 5.05. The second-order valence-electron chi connectivity index (χ2n) is 5.61. The Balaban J connectivity index is 2.14. The number of amides is 1. The third-order valence-electron chi connectivity index (χ3n) is 3.26. The Morgan fingerprint density at radius 3 is 2.50 bits per heavy atom. The molecule has 24 heavy (non-hydrogen) atoms. The molecule has 2 N–H and O–H groups in total. The summed E-state index contributed by atoms with van der Waals surface area (Å²) in [6.07, 6.45) is -4.99. The van der Waals surface area contributed by atoms with Gasteiger partial charge in [-0.1, -0.05) is 18.2 Å². The molecule has 2 atom stereocenters. The highest BCUT2D eigenvalue weighted by atomic mass is 19.3. The van der Waals surface area contributed by atoms with E-state index in [0.717, 1.165) is 0 Å². The molecule has 2 rings (SSSR count). The number of halogens is 2. The smallest absolute Gasteiger partial charge is 0.412 e. The largest absolute Gasteiger partial charge is 0.477 e. The first-order valence-electron chi connectivity index (χ1n) is 7.07. The van der Waals surface area contributed by atoms with Crippen LogP contribution in [-0.4, -0.2) is 47.7 Å². The first kappa shape index (κ1) is 18.1. The fraction of sp³-hybridized carbons (Fsp3) is 0.467. The number of anilines is 1. The van der Waals surface area contributed by atoms with Gasteiger partial charge in [0.05, 0.1) is 6.61 Å². The van der Waals surface area contributed by atoms with Gasteiger partial charge >= 0.3 is 18.0 Å². The molecule has 1 aliphatic rings. The normalized spacial score (nSPS) is 21.1. The SMILES string of the molecule is CC1(C)OCC(C(OC(=O)Nc2ccccc2)C(F)(F)C(=O)O)O1. The molecule has 1 aromatic carbocycles. The van der Waals surface area contributed by atoms with Gasteiger partial charge in [0.1, 0.15) is 6.10 Å². The predicted octanol–water partition coefficient (Wildman–Crippen LogP) is 2.48. The number of para-hydroxylation sites is 1. The van der Waals surface area contributed by atoms with Crippen LogP contribution in [0.1, 0.15) is 13.8 Å². The van der Waals surface area contributed by atoms with E-state index in [-0.39, 0.29) is 6.61 Å². The highest BCUT2D eigenvalue weighted by molar-refractivity contribution is 5.85. The highest BCUT2D eigenvalue weighted by Gasteiger charge is 2.57. The summed E-state index contributed by atoms with van der Waals surface area (Å²) in [4.78, 5) is 22.7. The molecule has 1 amide bonds. The number of nitrogens with one attached hydrogen (secondary N) is 1. The van der Waals surface area contributed by atoms with Crippen LogP contribution in [0.15, 0.2) is 30.3 Å². The van der Waals surface area contributed by atoms with Crippen LogP contribution in [0.5, 0.6) is 0 Å². The van der Waals surface area contributed by atoms with Crippen LogP contribution in [0.3, 0.4) is 0 Å². The molecule has 0 bridgehead atoms. The summed E-state index contributed by atoms with van der Waals surface area (Å²) in [6.45, 7) is 2.62. The van der Waals surface area contributed by atoms with Gasteiger partial charge in [-0.15, -0.1) is 0 Å². The van der Waals surface area contributed by atoms with Gasteiger partial charge in [-0.05, 0) is 26.0 Å². The number of alkyl halides is 2. The van der Waals surface area contributed by atoms with Crippen LogP contribution in [0.2, 0.25) is 0 Å². The van der Waals surface area contributed by atoms with Gasteiger partial charge in [0.25, 0.3) is 0 Å². The van der Waals surface area contributed by atoms with Crippen molar-refractivity contribution >= 4 is 17.7 Å². The van der Waals surface area contributed by atoms with E-state index in [1.54, 1.807) is 18.2 Å². The number of benzene rings is 1. The van der Waals surface area contributed by atoms with E-state index in [1.165, 1.54) is 26.0 Å². The molecule has 0 aromatic heterocycles. The van der Waals surface area contributed by atoms with Gasteiger partial charge in [0.15, 0.2) is 5.79 Å². The molecule has 0 aliphatic carbocycles. The van der Waals surface area contributed by atoms with Gasteiger partial charge in [-0.2, -0.15) is 8.78 Å². The minimum Gasteiger partial charge on any atom is -0.477 e. The molecule has 2 unspecified atom stereocenters. The number of carboxylic acid groups (broad SMARTS) is 1. The molecule has 1 saturated heterocycles. The zero-order valence-corrected chi connectivity index (χ0v) is 13.0. The van der Waals surface area contributed by atoms with Crippen LogP contribution in [0.25, 0.3) is 0 Å². The van der Waals surface area contributed by atoms with Crippen molar-refractivity contribution in [3.8, 4) is 0 Å². The quantitative estimate of drug-likeness (QED) is 0.851. The first-order valence-corrected chi connectivity index (χ1v) is 7.07. The number of aliphatic carboxylic acids is 1. The van der Waals surface area contributed by atoms with Crippen molar-refractivity contribution in [1.82, 2.24) is 0 Å². The fourth-order valence-electron chi connectivity index (χ4n) is 2.15. The number of carbonyl (C=O) groups is 2. The Morgan fingerprint density at radius 1 is 1.38 bits per heavy atom. The van der Waals surface area contributed by atoms with E-state index in [2.05, 4.69) is 10.1 Å². The fourth-order valence-corrected chi connectivity index (χ4v) is 2.15. The van der Waals surface area contributed by atoms with Crippen molar-refractivity contribution in [2.75, 3.05) is 11.9 Å². The Labute approximate surface area is 136 Å². The molecule has 7 nitrogen and oxygen atoms in total. The van der Waals surface area contributed by atoms with Gasteiger partial charge in [-0.25, -0.2) is 9.59 Å². The lowest BCUT2D eigenvalue weighted by Gasteiger charge is -2.28. The van der Waals surface area contributed by atoms with Crippen LogP contribution < -0.4 is 5.32 Å². The summed E-state index contributed by atoms with van der Waals surface area (Å²) in [6, 6.07) is 7.97. The molecule has 132 valence electrons. The van der Waals surface area contributed by atoms with E-state index in [0.29, 0.717) is 5.69 Å². The number of hydrogen-bond acceptors (Lipinski definition) is 5. The van der Waals surface area contributed by atoms with E-state index < -0.39 is 36.0 Å². The predicted molar refractivity (Wildman–Crippen MR) is 77.8 cm³/mol. The van der Waals surface area contributed by atoms with E-state index in [1.807, 2.05) is 0 Å². The molecule has 1 heterocycles. The van der Waals surface area contributed by atoms with Crippen molar-refractivity contribution in [3.63, 3.8) is 0 Å². The second-order valence-corrected chi connectivity index (χ2v) is 5.61. The molecule has 0 radical (unpaired) electrons. The van der Waals surface area contributed by atoms with E-state index in [9.17, 15) is 18.4 Å². The molecule has 1 fully saturated rings. The van der Waals surface area contributed by atoms with Gasteiger partial charge < -0.3 is 19.3 Å².